The summed E-state index contributed by atoms with van der Waals surface area (Å²) in [5.41, 5.74) is 1.14. The van der Waals surface area contributed by atoms with Crippen molar-refractivity contribution >= 4 is 40.3 Å². The number of thiophene rings is 1. The molecular weight excluding hydrogens is 251 g/mol. The summed E-state index contributed by atoms with van der Waals surface area (Å²) in [5, 5.41) is 4.57. The van der Waals surface area contributed by atoms with Crippen LogP contribution in [-0.2, 0) is 0 Å². The molecule has 1 aromatic carbocycles. The molecule has 0 atom stereocenters. The number of carbonyl (C=O) groups is 1. The van der Waals surface area contributed by atoms with E-state index < -0.39 is 0 Å². The molecule has 0 aliphatic rings. The van der Waals surface area contributed by atoms with Gasteiger partial charge in [0.25, 0.3) is 0 Å². The van der Waals surface area contributed by atoms with Gasteiger partial charge in [0, 0.05) is 21.5 Å². The third-order valence-corrected chi connectivity index (χ3v) is 3.19. The minimum absolute atomic E-state index is 0.0714. The van der Waals surface area contributed by atoms with Crippen LogP contribution in [0, 0.1) is 0 Å². The van der Waals surface area contributed by atoms with Crippen molar-refractivity contribution in [2.75, 3.05) is 0 Å². The summed E-state index contributed by atoms with van der Waals surface area (Å²) < 4.78 is 0. The van der Waals surface area contributed by atoms with Gasteiger partial charge in [0.15, 0.2) is 5.78 Å². The first kappa shape index (κ1) is 10.7. The maximum absolute atomic E-state index is 11.9. The molecule has 1 nitrogen and oxygen atoms in total. The first-order valence-electron chi connectivity index (χ1n) is 4.20. The summed E-state index contributed by atoms with van der Waals surface area (Å²) in [6, 6.07) is 6.65. The topological polar surface area (TPSA) is 17.1 Å². The van der Waals surface area contributed by atoms with Gasteiger partial charge in [0.2, 0.25) is 0 Å². The molecule has 0 fully saturated rings. The molecule has 1 heterocycles. The third-order valence-electron chi connectivity index (χ3n) is 1.96. The van der Waals surface area contributed by atoms with E-state index in [2.05, 4.69) is 0 Å². The van der Waals surface area contributed by atoms with E-state index in [0.717, 1.165) is 0 Å². The van der Waals surface area contributed by atoms with Crippen molar-refractivity contribution in [1.82, 2.24) is 0 Å². The largest absolute Gasteiger partial charge is 0.289 e. The molecule has 4 heteroatoms. The number of hydrogen-bond acceptors (Lipinski definition) is 2. The molecule has 0 saturated heterocycles. The lowest BCUT2D eigenvalue weighted by Gasteiger charge is -2.01. The Bertz CT molecular complexity index is 491. The highest BCUT2D eigenvalue weighted by Gasteiger charge is 2.12. The van der Waals surface area contributed by atoms with Gasteiger partial charge >= 0.3 is 0 Å². The van der Waals surface area contributed by atoms with Crippen molar-refractivity contribution in [3.63, 3.8) is 0 Å². The molecular formula is C11H6Cl2OS. The second kappa shape index (κ2) is 4.35. The van der Waals surface area contributed by atoms with Gasteiger partial charge in [-0.25, -0.2) is 0 Å². The van der Waals surface area contributed by atoms with Gasteiger partial charge in [0.1, 0.15) is 0 Å². The Balaban J connectivity index is 2.42. The van der Waals surface area contributed by atoms with Crippen LogP contribution in [0.25, 0.3) is 0 Å². The van der Waals surface area contributed by atoms with E-state index in [9.17, 15) is 4.79 Å². The Morgan fingerprint density at radius 3 is 2.60 bits per heavy atom. The van der Waals surface area contributed by atoms with Gasteiger partial charge in [-0.15, -0.1) is 0 Å². The summed E-state index contributed by atoms with van der Waals surface area (Å²) >= 11 is 13.2. The van der Waals surface area contributed by atoms with E-state index in [0.29, 0.717) is 21.2 Å². The van der Waals surface area contributed by atoms with Gasteiger partial charge in [-0.05, 0) is 29.6 Å². The summed E-state index contributed by atoms with van der Waals surface area (Å²) in [4.78, 5) is 11.9. The molecule has 2 aromatic rings. The van der Waals surface area contributed by atoms with Crippen molar-refractivity contribution in [1.29, 1.82) is 0 Å². The maximum Gasteiger partial charge on any atom is 0.195 e. The third kappa shape index (κ3) is 2.23. The minimum Gasteiger partial charge on any atom is -0.289 e. The average molecular weight is 257 g/mol. The molecule has 76 valence electrons. The fourth-order valence-electron chi connectivity index (χ4n) is 1.22. The van der Waals surface area contributed by atoms with E-state index in [1.807, 2.05) is 5.38 Å². The van der Waals surface area contributed by atoms with Crippen LogP contribution in [0.2, 0.25) is 10.0 Å². The normalized spacial score (nSPS) is 10.3. The zero-order chi connectivity index (χ0) is 10.8. The molecule has 2 rings (SSSR count). The van der Waals surface area contributed by atoms with Crippen LogP contribution in [0.5, 0.6) is 0 Å². The van der Waals surface area contributed by atoms with Gasteiger partial charge in [-0.1, -0.05) is 23.2 Å². The van der Waals surface area contributed by atoms with Crippen molar-refractivity contribution in [2.24, 2.45) is 0 Å². The Hall–Kier alpha value is -0.830. The van der Waals surface area contributed by atoms with E-state index in [4.69, 9.17) is 23.2 Å². The van der Waals surface area contributed by atoms with Crippen molar-refractivity contribution in [3.05, 3.63) is 56.2 Å². The smallest absolute Gasteiger partial charge is 0.195 e. The quantitative estimate of drug-likeness (QED) is 0.733. The number of halogens is 2. The monoisotopic (exact) mass is 256 g/mol. The zero-order valence-electron chi connectivity index (χ0n) is 7.54. The second-order valence-corrected chi connectivity index (χ2v) is 4.59. The summed E-state index contributed by atoms with van der Waals surface area (Å²) in [7, 11) is 0. The molecule has 0 saturated carbocycles. The number of benzene rings is 1. The van der Waals surface area contributed by atoms with Crippen LogP contribution in [0.3, 0.4) is 0 Å². The van der Waals surface area contributed by atoms with E-state index >= 15 is 0 Å². The van der Waals surface area contributed by atoms with Crippen LogP contribution >= 0.6 is 34.5 Å². The standard InChI is InChI=1S/C11H6Cl2OS/c12-8-1-2-9(10(13)5-8)11(14)7-3-4-15-6-7/h1-6H. The number of carbonyl (C=O) groups excluding carboxylic acids is 1. The molecule has 0 spiro atoms. The number of hydrogen-bond donors (Lipinski definition) is 0. The highest BCUT2D eigenvalue weighted by molar-refractivity contribution is 7.08. The fraction of sp³-hybridized carbons (Fsp3) is 0. The van der Waals surface area contributed by atoms with Crippen LogP contribution in [0.1, 0.15) is 15.9 Å². The highest BCUT2D eigenvalue weighted by atomic mass is 35.5. The lowest BCUT2D eigenvalue weighted by molar-refractivity contribution is 0.103. The van der Waals surface area contributed by atoms with Gasteiger partial charge in [-0.3, -0.25) is 4.79 Å². The van der Waals surface area contributed by atoms with Gasteiger partial charge in [0.05, 0.1) is 5.02 Å². The first-order valence-corrected chi connectivity index (χ1v) is 5.90. The SMILES string of the molecule is O=C(c1ccsc1)c1ccc(Cl)cc1Cl. The Labute approximate surface area is 101 Å². The second-order valence-electron chi connectivity index (χ2n) is 2.97. The maximum atomic E-state index is 11.9. The van der Waals surface area contributed by atoms with Crippen molar-refractivity contribution in [2.45, 2.75) is 0 Å². The first-order chi connectivity index (χ1) is 7.18. The number of rotatable bonds is 2. The predicted molar refractivity (Wildman–Crippen MR) is 64.2 cm³/mol. The molecule has 0 unspecified atom stereocenters. The predicted octanol–water partition coefficient (Wildman–Crippen LogP) is 4.29. The van der Waals surface area contributed by atoms with E-state index in [1.165, 1.54) is 11.3 Å². The van der Waals surface area contributed by atoms with Crippen LogP contribution < -0.4 is 0 Å². The molecule has 15 heavy (non-hydrogen) atoms. The lowest BCUT2D eigenvalue weighted by Crippen LogP contribution is -2.00. The molecule has 0 bridgehead atoms. The minimum atomic E-state index is -0.0714. The molecule has 0 radical (unpaired) electrons. The Morgan fingerprint density at radius 2 is 2.00 bits per heavy atom. The molecule has 0 amide bonds. The Morgan fingerprint density at radius 1 is 1.20 bits per heavy atom. The van der Waals surface area contributed by atoms with Gasteiger partial charge < -0.3 is 0 Å². The lowest BCUT2D eigenvalue weighted by atomic mass is 10.1. The number of ketones is 1. The molecule has 0 aliphatic heterocycles. The zero-order valence-corrected chi connectivity index (χ0v) is 9.86. The van der Waals surface area contributed by atoms with Crippen LogP contribution in [0.4, 0.5) is 0 Å². The Kier molecular flexibility index (Phi) is 3.10. The van der Waals surface area contributed by atoms with E-state index in [-0.39, 0.29) is 5.78 Å². The van der Waals surface area contributed by atoms with Crippen molar-refractivity contribution in [3.8, 4) is 0 Å². The highest BCUT2D eigenvalue weighted by Crippen LogP contribution is 2.24. The summed E-state index contributed by atoms with van der Waals surface area (Å²) in [6.07, 6.45) is 0. The van der Waals surface area contributed by atoms with Crippen LogP contribution in [0.15, 0.2) is 35.0 Å². The molecule has 0 aliphatic carbocycles. The fourth-order valence-corrected chi connectivity index (χ4v) is 2.35. The van der Waals surface area contributed by atoms with Crippen molar-refractivity contribution < 1.29 is 4.79 Å². The van der Waals surface area contributed by atoms with E-state index in [1.54, 1.807) is 29.6 Å². The van der Waals surface area contributed by atoms with Crippen LogP contribution in [-0.4, -0.2) is 5.78 Å². The average Bonchev–Trinajstić information content (AvgIpc) is 2.69. The summed E-state index contributed by atoms with van der Waals surface area (Å²) in [5.74, 6) is -0.0714. The molecule has 0 N–H and O–H groups in total. The molecule has 1 aromatic heterocycles. The summed E-state index contributed by atoms with van der Waals surface area (Å²) in [6.45, 7) is 0. The van der Waals surface area contributed by atoms with Gasteiger partial charge in [-0.2, -0.15) is 11.3 Å².